The molecule has 0 spiro atoms. The highest BCUT2D eigenvalue weighted by Crippen LogP contribution is 2.37. The molecule has 0 bridgehead atoms. The van der Waals surface area contributed by atoms with Gasteiger partial charge in [0.15, 0.2) is 24.4 Å². The number of halogens is 1. The lowest BCUT2D eigenvalue weighted by Crippen LogP contribution is -2.57. The zero-order chi connectivity index (χ0) is 14.0. The second-order valence-corrected chi connectivity index (χ2v) is 6.33. The van der Waals surface area contributed by atoms with Crippen molar-refractivity contribution in [3.8, 4) is 0 Å². The van der Waals surface area contributed by atoms with E-state index in [0.717, 1.165) is 12.3 Å². The van der Waals surface area contributed by atoms with Crippen molar-refractivity contribution in [2.75, 3.05) is 13.7 Å². The zero-order valence-electron chi connectivity index (χ0n) is 10.8. The minimum atomic E-state index is -0.854. The summed E-state index contributed by atoms with van der Waals surface area (Å²) < 4.78 is 32.1. The van der Waals surface area contributed by atoms with Crippen LogP contribution in [0, 0.1) is 0 Å². The lowest BCUT2D eigenvalue weighted by Gasteiger charge is -2.38. The van der Waals surface area contributed by atoms with Crippen molar-refractivity contribution < 1.29 is 30.7 Å². The standard InChI is InChI=1S/C10H17IO7S/c1-10(2)16-7-6(12)5(4-14-19-18-11)15-9(13-3)8(7)17-10/h5-9,12H,4H2,1-3H3/t5?,6-,7+,8?,9+/m1/s1. The third-order valence-electron chi connectivity index (χ3n) is 3.00. The highest BCUT2D eigenvalue weighted by Gasteiger charge is 2.55. The fraction of sp³-hybridized carbons (Fsp3) is 1.00. The Balaban J connectivity index is 2.02. The Bertz CT molecular complexity index is 306. The normalized spacial score (nSPS) is 41.2. The maximum absolute atomic E-state index is 10.3. The number of hydrogen-bond acceptors (Lipinski definition) is 8. The lowest BCUT2D eigenvalue weighted by atomic mass is 9.99. The molecule has 0 aliphatic carbocycles. The molecule has 2 aliphatic rings. The van der Waals surface area contributed by atoms with Gasteiger partial charge in [-0.05, 0) is 13.8 Å². The van der Waals surface area contributed by atoms with Crippen molar-refractivity contribution in [3.63, 3.8) is 0 Å². The quantitative estimate of drug-likeness (QED) is 0.413. The maximum Gasteiger partial charge on any atom is 0.186 e. The molecule has 7 nitrogen and oxygen atoms in total. The molecule has 0 aromatic rings. The molecule has 2 heterocycles. The Morgan fingerprint density at radius 1 is 1.32 bits per heavy atom. The van der Waals surface area contributed by atoms with E-state index in [1.807, 2.05) is 0 Å². The largest absolute Gasteiger partial charge is 0.387 e. The number of methoxy groups -OCH3 is 1. The lowest BCUT2D eigenvalue weighted by molar-refractivity contribution is -0.270. The third-order valence-corrected chi connectivity index (χ3v) is 3.72. The predicted octanol–water partition coefficient (Wildman–Crippen LogP) is 1.19. The van der Waals surface area contributed by atoms with Crippen LogP contribution in [-0.2, 0) is 25.6 Å². The summed E-state index contributed by atoms with van der Waals surface area (Å²) in [6.07, 6.45) is -2.99. The van der Waals surface area contributed by atoms with E-state index in [0.29, 0.717) is 0 Å². The second kappa shape index (κ2) is 6.71. The van der Waals surface area contributed by atoms with Gasteiger partial charge < -0.3 is 24.1 Å². The van der Waals surface area contributed by atoms with Crippen molar-refractivity contribution in [1.29, 1.82) is 0 Å². The number of fused-ring (bicyclic) bond motifs is 1. The number of aliphatic hydroxyl groups is 1. The average molecular weight is 408 g/mol. The topological polar surface area (TPSA) is 75.6 Å². The summed E-state index contributed by atoms with van der Waals surface area (Å²) in [5.74, 6) is -0.772. The minimum absolute atomic E-state index is 0.154. The molecule has 0 aromatic heterocycles. The molecular weight excluding hydrogens is 391 g/mol. The van der Waals surface area contributed by atoms with Crippen molar-refractivity contribution in [2.45, 2.75) is 50.3 Å². The van der Waals surface area contributed by atoms with E-state index in [-0.39, 0.29) is 6.61 Å². The summed E-state index contributed by atoms with van der Waals surface area (Å²) in [5.41, 5.74) is 0. The summed E-state index contributed by atoms with van der Waals surface area (Å²) in [5, 5.41) is 10.3. The molecule has 0 amide bonds. The minimum Gasteiger partial charge on any atom is -0.387 e. The van der Waals surface area contributed by atoms with Crippen LogP contribution < -0.4 is 0 Å². The average Bonchev–Trinajstić information content (AvgIpc) is 2.68. The molecule has 19 heavy (non-hydrogen) atoms. The molecule has 0 radical (unpaired) electrons. The molecule has 5 atom stereocenters. The van der Waals surface area contributed by atoms with E-state index in [1.165, 1.54) is 7.11 Å². The maximum atomic E-state index is 10.3. The van der Waals surface area contributed by atoms with Gasteiger partial charge in [0.1, 0.15) is 47.4 Å². The van der Waals surface area contributed by atoms with Gasteiger partial charge in [-0.25, -0.2) is 2.51 Å². The first-order valence-corrected chi connectivity index (χ1v) is 7.32. The van der Waals surface area contributed by atoms with E-state index < -0.39 is 36.5 Å². The second-order valence-electron chi connectivity index (χ2n) is 4.75. The first kappa shape index (κ1) is 16.2. The van der Waals surface area contributed by atoms with Crippen LogP contribution in [0.5, 0.6) is 0 Å². The van der Waals surface area contributed by atoms with Gasteiger partial charge in [0.05, 0.1) is 6.61 Å². The van der Waals surface area contributed by atoms with Gasteiger partial charge in [0, 0.05) is 7.11 Å². The molecule has 2 rings (SSSR count). The first-order chi connectivity index (χ1) is 8.98. The monoisotopic (exact) mass is 408 g/mol. The van der Waals surface area contributed by atoms with Crippen LogP contribution in [0.15, 0.2) is 0 Å². The molecule has 0 saturated carbocycles. The summed E-state index contributed by atoms with van der Waals surface area (Å²) in [6.45, 7) is 3.73. The molecule has 2 aliphatic heterocycles. The van der Waals surface area contributed by atoms with E-state index in [4.69, 9.17) is 23.1 Å². The molecule has 9 heteroatoms. The Hall–Kier alpha value is 0.800. The van der Waals surface area contributed by atoms with Gasteiger partial charge in [0.25, 0.3) is 0 Å². The van der Waals surface area contributed by atoms with Crippen LogP contribution in [0.1, 0.15) is 13.8 Å². The fourth-order valence-corrected chi connectivity index (χ4v) is 2.81. The van der Waals surface area contributed by atoms with E-state index in [2.05, 4.69) is 2.51 Å². The van der Waals surface area contributed by atoms with Crippen molar-refractivity contribution in [2.24, 2.45) is 0 Å². The number of hydrogen-bond donors (Lipinski definition) is 1. The number of rotatable bonds is 5. The Morgan fingerprint density at radius 2 is 2.00 bits per heavy atom. The van der Waals surface area contributed by atoms with Gasteiger partial charge in [-0.2, -0.15) is 0 Å². The van der Waals surface area contributed by atoms with Gasteiger partial charge in [-0.1, -0.05) is 0 Å². The molecule has 2 fully saturated rings. The van der Waals surface area contributed by atoms with Crippen LogP contribution in [0.4, 0.5) is 0 Å². The molecule has 2 saturated heterocycles. The van der Waals surface area contributed by atoms with Gasteiger partial charge in [-0.15, -0.1) is 0 Å². The number of aliphatic hydroxyl groups excluding tert-OH is 1. The van der Waals surface area contributed by atoms with E-state index in [9.17, 15) is 5.11 Å². The van der Waals surface area contributed by atoms with Crippen LogP contribution in [0.25, 0.3) is 0 Å². The van der Waals surface area contributed by atoms with Crippen molar-refractivity contribution >= 4 is 35.3 Å². The third kappa shape index (κ3) is 3.71. The van der Waals surface area contributed by atoms with Gasteiger partial charge in [-0.3, -0.25) is 4.18 Å². The van der Waals surface area contributed by atoms with Gasteiger partial charge >= 0.3 is 0 Å². The summed E-state index contributed by atoms with van der Waals surface area (Å²) in [6, 6.07) is 0. The van der Waals surface area contributed by atoms with Gasteiger partial charge in [0.2, 0.25) is 0 Å². The Kier molecular flexibility index (Phi) is 5.71. The Morgan fingerprint density at radius 3 is 2.63 bits per heavy atom. The van der Waals surface area contributed by atoms with E-state index in [1.54, 1.807) is 36.9 Å². The van der Waals surface area contributed by atoms with Crippen LogP contribution in [0.3, 0.4) is 0 Å². The van der Waals surface area contributed by atoms with Crippen LogP contribution >= 0.6 is 35.3 Å². The van der Waals surface area contributed by atoms with Crippen LogP contribution in [-0.4, -0.2) is 55.3 Å². The Labute approximate surface area is 130 Å². The molecule has 0 aromatic carbocycles. The van der Waals surface area contributed by atoms with Crippen LogP contribution in [0.2, 0.25) is 0 Å². The summed E-state index contributed by atoms with van der Waals surface area (Å²) in [7, 11) is 1.52. The highest BCUT2D eigenvalue weighted by molar-refractivity contribution is 14.1. The summed E-state index contributed by atoms with van der Waals surface area (Å²) in [4.78, 5) is 0. The van der Waals surface area contributed by atoms with Crippen molar-refractivity contribution in [3.05, 3.63) is 0 Å². The SMILES string of the molecule is CO[C@H]1OC(COSOI)[C@@H](O)[C@@H]2OC(C)(C)OC12. The molecular formula is C10H17IO7S. The molecule has 112 valence electrons. The molecule has 2 unspecified atom stereocenters. The summed E-state index contributed by atoms with van der Waals surface area (Å²) >= 11 is 2.51. The molecule has 1 N–H and O–H groups in total. The van der Waals surface area contributed by atoms with E-state index >= 15 is 0 Å². The smallest absolute Gasteiger partial charge is 0.186 e. The fourth-order valence-electron chi connectivity index (χ4n) is 2.27. The predicted molar refractivity (Wildman–Crippen MR) is 74.1 cm³/mol. The first-order valence-electron chi connectivity index (χ1n) is 5.77. The zero-order valence-corrected chi connectivity index (χ0v) is 13.8. The highest BCUT2D eigenvalue weighted by atomic mass is 127. The van der Waals surface area contributed by atoms with Crippen molar-refractivity contribution in [1.82, 2.24) is 0 Å². The number of ether oxygens (including phenoxy) is 4.